The Labute approximate surface area is 397 Å². The Balaban J connectivity index is 1.23. The molecule has 6 rings (SSSR count). The SMILES string of the molecule is CCc1cc([N+](=O)[O-])c(C(C)COC[C@H]2O[C@@H](n3cnc4c(=O)[nH]c(NC(=O)COc5ccc(C(C)(C)C)cc5)nc43)C[C@@H]2OP(OCCC#N)N(C(C)C)C(C)C)cc1Sc1ccccc1. The number of ether oxygens (including phenoxy) is 3. The molecule has 3 aromatic carbocycles. The molecule has 2 aromatic heterocycles. The Morgan fingerprint density at radius 2 is 1.84 bits per heavy atom. The maximum Gasteiger partial charge on any atom is 0.280 e. The van der Waals surface area contributed by atoms with Crippen LogP contribution in [0.4, 0.5) is 11.6 Å². The summed E-state index contributed by atoms with van der Waals surface area (Å²) >= 11 is 1.57. The number of aromatic amines is 1. The van der Waals surface area contributed by atoms with Crippen molar-refractivity contribution in [3.05, 3.63) is 110 Å². The number of aryl methyl sites for hydroxylation is 1. The number of nitrogens with zero attached hydrogens (tertiary/aromatic N) is 6. The first-order valence-electron chi connectivity index (χ1n) is 22.5. The molecular formula is C48H61N8O9PS. The molecular weight excluding hydrogens is 896 g/mol. The lowest BCUT2D eigenvalue weighted by molar-refractivity contribution is -0.385. The minimum atomic E-state index is -1.70. The van der Waals surface area contributed by atoms with Crippen molar-refractivity contribution >= 4 is 49.0 Å². The minimum Gasteiger partial charge on any atom is -0.484 e. The Kier molecular flexibility index (Phi) is 17.7. The molecule has 0 saturated carbocycles. The number of carbonyl (C=O) groups excluding carboxylic acids is 1. The van der Waals surface area contributed by atoms with E-state index in [0.29, 0.717) is 17.7 Å². The fourth-order valence-electron chi connectivity index (χ4n) is 7.72. The number of nitro benzene ring substituents is 1. The topological polar surface area (TPSA) is 209 Å². The van der Waals surface area contributed by atoms with E-state index in [4.69, 9.17) is 23.3 Å². The number of imidazole rings is 1. The van der Waals surface area contributed by atoms with Gasteiger partial charge in [0.25, 0.3) is 25.7 Å². The zero-order chi connectivity index (χ0) is 48.4. The van der Waals surface area contributed by atoms with E-state index in [9.17, 15) is 25.0 Å². The Morgan fingerprint density at radius 1 is 1.12 bits per heavy atom. The number of hydrogen-bond acceptors (Lipinski definition) is 14. The number of amides is 1. The van der Waals surface area contributed by atoms with Gasteiger partial charge in [-0.25, -0.2) is 9.65 Å². The van der Waals surface area contributed by atoms with E-state index in [0.717, 1.165) is 20.9 Å². The van der Waals surface area contributed by atoms with E-state index in [1.807, 2.05) is 90.1 Å². The van der Waals surface area contributed by atoms with E-state index in [2.05, 4.69) is 51.8 Å². The minimum absolute atomic E-state index is 0.0308. The number of carbonyl (C=O) groups is 1. The largest absolute Gasteiger partial charge is 0.484 e. The van der Waals surface area contributed by atoms with Crippen molar-refractivity contribution in [2.24, 2.45) is 0 Å². The summed E-state index contributed by atoms with van der Waals surface area (Å²) in [6.07, 6.45) is 0.481. The average molecular weight is 957 g/mol. The normalized spacial score (nSPS) is 17.3. The summed E-state index contributed by atoms with van der Waals surface area (Å²) in [5.41, 5.74) is 2.21. The second kappa shape index (κ2) is 23.2. The van der Waals surface area contributed by atoms with Crippen molar-refractivity contribution in [1.29, 1.82) is 5.26 Å². The van der Waals surface area contributed by atoms with Crippen LogP contribution in [0.15, 0.2) is 87.6 Å². The average Bonchev–Trinajstić information content (AvgIpc) is 3.89. The number of benzene rings is 3. The number of nitrogens with one attached hydrogen (secondary N) is 2. The summed E-state index contributed by atoms with van der Waals surface area (Å²) in [6, 6.07) is 23.2. The molecule has 0 radical (unpaired) electrons. The number of nitro groups is 1. The summed E-state index contributed by atoms with van der Waals surface area (Å²) in [5.74, 6) is -0.485. The molecule has 358 valence electrons. The van der Waals surface area contributed by atoms with Crippen molar-refractivity contribution < 1.29 is 33.0 Å². The van der Waals surface area contributed by atoms with Crippen LogP contribution in [-0.4, -0.2) is 85.7 Å². The molecule has 0 aliphatic carbocycles. The highest BCUT2D eigenvalue weighted by Crippen LogP contribution is 2.50. The number of nitriles is 1. The molecule has 1 fully saturated rings. The third-order valence-corrected chi connectivity index (χ3v) is 14.4. The van der Waals surface area contributed by atoms with E-state index >= 15 is 0 Å². The molecule has 0 spiro atoms. The van der Waals surface area contributed by atoms with E-state index < -0.39 is 38.4 Å². The molecule has 5 atom stereocenters. The fraction of sp³-hybridized carbons (Fsp3) is 0.479. The summed E-state index contributed by atoms with van der Waals surface area (Å²) in [7, 11) is -1.70. The highest BCUT2D eigenvalue weighted by atomic mass is 32.2. The van der Waals surface area contributed by atoms with Gasteiger partial charge in [-0.3, -0.25) is 34.6 Å². The summed E-state index contributed by atoms with van der Waals surface area (Å²) < 4.78 is 35.6. The molecule has 19 heteroatoms. The Bertz CT molecular complexity index is 2550. The van der Waals surface area contributed by atoms with Gasteiger partial charge in [-0.15, -0.1) is 0 Å². The van der Waals surface area contributed by atoms with Crippen molar-refractivity contribution in [1.82, 2.24) is 24.2 Å². The second-order valence-corrected chi connectivity index (χ2v) is 20.4. The smallest absolute Gasteiger partial charge is 0.280 e. The first kappa shape index (κ1) is 51.1. The number of H-pyrrole nitrogens is 1. The van der Waals surface area contributed by atoms with Crippen LogP contribution >= 0.6 is 20.3 Å². The standard InChI is InChI=1S/C48H61N8O9PS/c1-10-33-23-38(56(59)60)37(24-41(33)67-36-15-12-11-13-16-36)32(6)26-61-27-40-39(65-66(63-22-14-21-49)55(30(2)3)31(4)5)25-43(64-40)54-29-50-44-45(54)52-47(53-46(44)58)51-42(57)28-62-35-19-17-34(18-20-35)48(7,8)9/h11-13,15-20,23-24,29-32,39-40,43H,10,14,22,25-28H2,1-9H3,(H2,51,52,53,57,58)/t32?,39-,40+,43+,66?/m0/s1. The Hall–Kier alpha value is -5.25. The number of anilines is 1. The predicted octanol–water partition coefficient (Wildman–Crippen LogP) is 9.83. The molecule has 1 aliphatic rings. The van der Waals surface area contributed by atoms with Crippen LogP contribution in [0.5, 0.6) is 5.75 Å². The molecule has 2 N–H and O–H groups in total. The third-order valence-electron chi connectivity index (χ3n) is 11.1. The predicted molar refractivity (Wildman–Crippen MR) is 258 cm³/mol. The first-order valence-corrected chi connectivity index (χ1v) is 24.4. The molecule has 0 bridgehead atoms. The van der Waals surface area contributed by atoms with Crippen molar-refractivity contribution in [2.45, 2.75) is 133 Å². The molecule has 3 heterocycles. The van der Waals surface area contributed by atoms with Crippen LogP contribution in [-0.2, 0) is 35.2 Å². The number of hydrogen-bond donors (Lipinski definition) is 2. The number of fused-ring (bicyclic) bond motifs is 1. The van der Waals surface area contributed by atoms with Gasteiger partial charge in [0, 0.05) is 45.8 Å². The summed E-state index contributed by atoms with van der Waals surface area (Å²) in [4.78, 5) is 51.9. The fourth-order valence-corrected chi connectivity index (χ4v) is 10.5. The molecule has 17 nitrogen and oxygen atoms in total. The molecule has 2 unspecified atom stereocenters. The van der Waals surface area contributed by atoms with Gasteiger partial charge in [0.1, 0.15) is 18.1 Å². The zero-order valence-corrected chi connectivity index (χ0v) is 41.3. The summed E-state index contributed by atoms with van der Waals surface area (Å²) in [6.45, 7) is 18.4. The van der Waals surface area contributed by atoms with Crippen LogP contribution in [0.3, 0.4) is 0 Å². The maximum absolute atomic E-state index is 13.3. The molecule has 1 amide bonds. The number of aromatic nitrogens is 4. The van der Waals surface area contributed by atoms with E-state index in [-0.39, 0.29) is 90.4 Å². The van der Waals surface area contributed by atoms with Crippen LogP contribution in [0.25, 0.3) is 11.2 Å². The lowest BCUT2D eigenvalue weighted by atomic mass is 9.87. The van der Waals surface area contributed by atoms with Crippen molar-refractivity contribution in [3.8, 4) is 11.8 Å². The quantitative estimate of drug-likeness (QED) is 0.0286. The molecule has 5 aromatic rings. The van der Waals surface area contributed by atoms with Crippen molar-refractivity contribution in [3.63, 3.8) is 0 Å². The summed E-state index contributed by atoms with van der Waals surface area (Å²) in [5, 5.41) is 24.4. The highest BCUT2D eigenvalue weighted by molar-refractivity contribution is 7.99. The van der Waals surface area contributed by atoms with Gasteiger partial charge in [0.2, 0.25) is 5.95 Å². The highest BCUT2D eigenvalue weighted by Gasteiger charge is 2.42. The van der Waals surface area contributed by atoms with E-state index in [1.165, 1.54) is 6.33 Å². The number of rotatable bonds is 22. The molecule has 67 heavy (non-hydrogen) atoms. The van der Waals surface area contributed by atoms with Gasteiger partial charge in [0.15, 0.2) is 17.8 Å². The maximum atomic E-state index is 13.3. The van der Waals surface area contributed by atoms with Gasteiger partial charge in [-0.05, 0) is 81.0 Å². The van der Waals surface area contributed by atoms with E-state index in [1.54, 1.807) is 34.5 Å². The third kappa shape index (κ3) is 13.3. The lowest BCUT2D eigenvalue weighted by Crippen LogP contribution is -2.36. The van der Waals surface area contributed by atoms with Crippen LogP contribution in [0, 0.1) is 21.4 Å². The Morgan fingerprint density at radius 3 is 2.48 bits per heavy atom. The van der Waals surface area contributed by atoms with Crippen LogP contribution in [0.2, 0.25) is 0 Å². The first-order chi connectivity index (χ1) is 32.0. The monoisotopic (exact) mass is 956 g/mol. The van der Waals surface area contributed by atoms with Gasteiger partial charge in [0.05, 0.1) is 49.7 Å². The zero-order valence-electron chi connectivity index (χ0n) is 39.6. The molecule has 1 saturated heterocycles. The van der Waals surface area contributed by atoms with Gasteiger partial charge >= 0.3 is 0 Å². The van der Waals surface area contributed by atoms with Gasteiger partial charge in [-0.2, -0.15) is 10.2 Å². The van der Waals surface area contributed by atoms with Gasteiger partial charge < -0.3 is 23.3 Å². The van der Waals surface area contributed by atoms with Crippen LogP contribution in [0.1, 0.15) is 104 Å². The van der Waals surface area contributed by atoms with Crippen molar-refractivity contribution in [2.75, 3.05) is 31.7 Å². The van der Waals surface area contributed by atoms with Crippen LogP contribution < -0.4 is 15.6 Å². The molecule has 1 aliphatic heterocycles. The van der Waals surface area contributed by atoms with Gasteiger partial charge in [-0.1, -0.05) is 76.7 Å². The second-order valence-electron chi connectivity index (χ2n) is 17.9. The lowest BCUT2D eigenvalue weighted by Gasteiger charge is -2.37.